The Morgan fingerprint density at radius 2 is 2.12 bits per heavy atom. The molecule has 0 spiro atoms. The summed E-state index contributed by atoms with van der Waals surface area (Å²) in [6, 6.07) is 3.70. The Morgan fingerprint density at radius 3 is 2.88 bits per heavy atom. The van der Waals surface area contributed by atoms with Gasteiger partial charge in [-0.25, -0.2) is 4.79 Å². The molecule has 1 aromatic heterocycles. The Hall–Kier alpha value is -2.34. The number of hydrogen-bond acceptors (Lipinski definition) is 5. The number of fused-ring (bicyclic) bond motifs is 3. The highest BCUT2D eigenvalue weighted by atomic mass is 16.5. The molecule has 1 aromatic carbocycles. The number of hydrogen-bond donors (Lipinski definition) is 2. The van der Waals surface area contributed by atoms with Gasteiger partial charge in [0.1, 0.15) is 11.3 Å². The van der Waals surface area contributed by atoms with Crippen molar-refractivity contribution in [3.05, 3.63) is 39.2 Å². The van der Waals surface area contributed by atoms with E-state index in [0.29, 0.717) is 24.3 Å². The van der Waals surface area contributed by atoms with Gasteiger partial charge in [0.15, 0.2) is 6.10 Å². The van der Waals surface area contributed by atoms with Crippen molar-refractivity contribution in [2.45, 2.75) is 45.6 Å². The summed E-state index contributed by atoms with van der Waals surface area (Å²) in [5.74, 6) is 0.332. The first-order valence-corrected chi connectivity index (χ1v) is 8.65. The summed E-state index contributed by atoms with van der Waals surface area (Å²) in [5.41, 5.74) is 2.84. The lowest BCUT2D eigenvalue weighted by atomic mass is 10.0. The Bertz CT molecular complexity index is 855. The van der Waals surface area contributed by atoms with E-state index >= 15 is 0 Å². The molecule has 2 aromatic rings. The van der Waals surface area contributed by atoms with Crippen LogP contribution in [-0.2, 0) is 17.6 Å². The second-order valence-corrected chi connectivity index (χ2v) is 6.46. The van der Waals surface area contributed by atoms with Crippen molar-refractivity contribution in [3.8, 4) is 5.75 Å². The van der Waals surface area contributed by atoms with Crippen LogP contribution < -0.4 is 15.7 Å². The molecule has 0 saturated heterocycles. The summed E-state index contributed by atoms with van der Waals surface area (Å²) in [7, 11) is 0. The van der Waals surface area contributed by atoms with E-state index < -0.39 is 6.10 Å². The monoisotopic (exact) mass is 345 g/mol. The minimum atomic E-state index is -0.687. The molecule has 1 amide bonds. The van der Waals surface area contributed by atoms with Gasteiger partial charge in [-0.1, -0.05) is 0 Å². The summed E-state index contributed by atoms with van der Waals surface area (Å²) in [6.45, 7) is 4.01. The summed E-state index contributed by atoms with van der Waals surface area (Å²) >= 11 is 0. The molecule has 1 aliphatic rings. The minimum Gasteiger partial charge on any atom is -0.480 e. The summed E-state index contributed by atoms with van der Waals surface area (Å²) in [6.07, 6.45) is 2.27. The number of nitrogens with one attached hydrogen (secondary N) is 1. The van der Waals surface area contributed by atoms with E-state index in [1.165, 1.54) is 0 Å². The molecule has 1 aliphatic carbocycles. The maximum absolute atomic E-state index is 12.1. The molecule has 25 heavy (non-hydrogen) atoms. The van der Waals surface area contributed by atoms with Crippen LogP contribution in [0.5, 0.6) is 5.75 Å². The molecular formula is C19H23NO5. The zero-order valence-electron chi connectivity index (χ0n) is 14.6. The zero-order chi connectivity index (χ0) is 18.0. The van der Waals surface area contributed by atoms with Gasteiger partial charge >= 0.3 is 5.63 Å². The van der Waals surface area contributed by atoms with Crippen LogP contribution in [-0.4, -0.2) is 30.3 Å². The number of aryl methyl sites for hydroxylation is 2. The number of benzene rings is 1. The maximum Gasteiger partial charge on any atom is 0.339 e. The van der Waals surface area contributed by atoms with Crippen molar-refractivity contribution >= 4 is 16.9 Å². The molecular weight excluding hydrogens is 322 g/mol. The second kappa shape index (κ2) is 7.27. The fourth-order valence-electron chi connectivity index (χ4n) is 3.28. The third kappa shape index (κ3) is 3.54. The summed E-state index contributed by atoms with van der Waals surface area (Å²) in [5, 5.41) is 12.3. The van der Waals surface area contributed by atoms with Gasteiger partial charge < -0.3 is 19.6 Å². The standard InChI is InChI=1S/C19H23NO5/c1-11-9-15(24-12(2)18(22)20-7-4-8-21)17-13-5-3-6-14(13)19(23)25-16(17)10-11/h9-10,12,21H,3-8H2,1-2H3,(H,20,22)/t12-/m0/s1. The van der Waals surface area contributed by atoms with Crippen LogP contribution >= 0.6 is 0 Å². The normalized spacial score (nSPS) is 14.4. The van der Waals surface area contributed by atoms with Crippen LogP contribution in [0.25, 0.3) is 11.0 Å². The summed E-state index contributed by atoms with van der Waals surface area (Å²) in [4.78, 5) is 24.3. The number of amides is 1. The molecule has 0 bridgehead atoms. The highest BCUT2D eigenvalue weighted by Gasteiger charge is 2.24. The van der Waals surface area contributed by atoms with Gasteiger partial charge in [0.05, 0.1) is 5.39 Å². The average Bonchev–Trinajstić information content (AvgIpc) is 3.04. The quantitative estimate of drug-likeness (QED) is 0.616. The van der Waals surface area contributed by atoms with Crippen LogP contribution in [0.3, 0.4) is 0 Å². The molecule has 1 heterocycles. The zero-order valence-corrected chi connectivity index (χ0v) is 14.6. The molecule has 3 rings (SSSR count). The lowest BCUT2D eigenvalue weighted by Gasteiger charge is -2.17. The van der Waals surface area contributed by atoms with Crippen molar-refractivity contribution in [2.75, 3.05) is 13.2 Å². The lowest BCUT2D eigenvalue weighted by molar-refractivity contribution is -0.127. The second-order valence-electron chi connectivity index (χ2n) is 6.46. The number of ether oxygens (including phenoxy) is 1. The smallest absolute Gasteiger partial charge is 0.339 e. The van der Waals surface area contributed by atoms with Crippen LogP contribution in [0.4, 0.5) is 0 Å². The van der Waals surface area contributed by atoms with E-state index in [-0.39, 0.29) is 18.1 Å². The average molecular weight is 345 g/mol. The van der Waals surface area contributed by atoms with E-state index in [1.54, 1.807) is 6.92 Å². The van der Waals surface area contributed by atoms with Gasteiger partial charge in [0, 0.05) is 18.7 Å². The number of aliphatic hydroxyl groups is 1. The maximum atomic E-state index is 12.1. The van der Waals surface area contributed by atoms with Crippen molar-refractivity contribution in [1.82, 2.24) is 5.32 Å². The SMILES string of the molecule is Cc1cc(O[C@@H](C)C(=O)NCCCO)c2c3c(c(=O)oc2c1)CCC3. The molecule has 1 atom stereocenters. The van der Waals surface area contributed by atoms with Crippen molar-refractivity contribution < 1.29 is 19.1 Å². The van der Waals surface area contributed by atoms with Crippen LogP contribution in [0.1, 0.15) is 36.5 Å². The van der Waals surface area contributed by atoms with Gasteiger partial charge in [-0.05, 0) is 62.8 Å². The fraction of sp³-hybridized carbons (Fsp3) is 0.474. The fourth-order valence-corrected chi connectivity index (χ4v) is 3.28. The minimum absolute atomic E-state index is 0.0310. The van der Waals surface area contributed by atoms with Crippen molar-refractivity contribution in [2.24, 2.45) is 0 Å². The van der Waals surface area contributed by atoms with E-state index in [2.05, 4.69) is 5.32 Å². The number of carbonyl (C=O) groups excluding carboxylic acids is 1. The lowest BCUT2D eigenvalue weighted by Crippen LogP contribution is -2.37. The molecule has 0 aliphatic heterocycles. The molecule has 0 saturated carbocycles. The number of aliphatic hydroxyl groups excluding tert-OH is 1. The molecule has 134 valence electrons. The highest BCUT2D eigenvalue weighted by molar-refractivity contribution is 5.89. The highest BCUT2D eigenvalue weighted by Crippen LogP contribution is 2.35. The van der Waals surface area contributed by atoms with E-state index in [1.807, 2.05) is 19.1 Å². The Kier molecular flexibility index (Phi) is 5.08. The molecule has 0 fully saturated rings. The third-order valence-corrected chi connectivity index (χ3v) is 4.49. The van der Waals surface area contributed by atoms with E-state index in [0.717, 1.165) is 41.3 Å². The Morgan fingerprint density at radius 1 is 1.36 bits per heavy atom. The summed E-state index contributed by atoms with van der Waals surface area (Å²) < 4.78 is 11.4. The van der Waals surface area contributed by atoms with Crippen LogP contribution in [0.15, 0.2) is 21.3 Å². The predicted octanol–water partition coefficient (Wildman–Crippen LogP) is 1.86. The van der Waals surface area contributed by atoms with Crippen LogP contribution in [0.2, 0.25) is 0 Å². The first-order valence-electron chi connectivity index (χ1n) is 8.65. The van der Waals surface area contributed by atoms with Gasteiger partial charge in [0.2, 0.25) is 0 Å². The van der Waals surface area contributed by atoms with Gasteiger partial charge in [0.25, 0.3) is 5.91 Å². The third-order valence-electron chi connectivity index (χ3n) is 4.49. The largest absolute Gasteiger partial charge is 0.480 e. The molecule has 0 unspecified atom stereocenters. The van der Waals surface area contributed by atoms with E-state index in [9.17, 15) is 9.59 Å². The number of carbonyl (C=O) groups is 1. The molecule has 2 N–H and O–H groups in total. The Labute approximate surface area is 145 Å². The topological polar surface area (TPSA) is 88.8 Å². The Balaban J connectivity index is 1.95. The first-order chi connectivity index (χ1) is 12.0. The van der Waals surface area contributed by atoms with Crippen LogP contribution in [0, 0.1) is 6.92 Å². The van der Waals surface area contributed by atoms with Gasteiger partial charge in [-0.3, -0.25) is 4.79 Å². The molecule has 6 nitrogen and oxygen atoms in total. The van der Waals surface area contributed by atoms with Gasteiger partial charge in [-0.15, -0.1) is 0 Å². The molecule has 0 radical (unpaired) electrons. The van der Waals surface area contributed by atoms with E-state index in [4.69, 9.17) is 14.3 Å². The van der Waals surface area contributed by atoms with Gasteiger partial charge in [-0.2, -0.15) is 0 Å². The first kappa shape index (κ1) is 17.5. The number of rotatable bonds is 6. The molecule has 6 heteroatoms. The van der Waals surface area contributed by atoms with Crippen molar-refractivity contribution in [1.29, 1.82) is 0 Å². The predicted molar refractivity (Wildman–Crippen MR) is 94.0 cm³/mol. The van der Waals surface area contributed by atoms with Crippen molar-refractivity contribution in [3.63, 3.8) is 0 Å².